The van der Waals surface area contributed by atoms with E-state index in [1.165, 1.54) is 6.42 Å². The van der Waals surface area contributed by atoms with Gasteiger partial charge in [0.2, 0.25) is 0 Å². The maximum atomic E-state index is 5.65. The highest BCUT2D eigenvalue weighted by Gasteiger charge is 2.20. The van der Waals surface area contributed by atoms with Crippen LogP contribution in [0, 0.1) is 6.92 Å². The Balaban J connectivity index is 1.97. The second kappa shape index (κ2) is 5.25. The van der Waals surface area contributed by atoms with Gasteiger partial charge in [-0.2, -0.15) is 0 Å². The van der Waals surface area contributed by atoms with Gasteiger partial charge in [0.05, 0.1) is 0 Å². The number of hydrogen-bond acceptors (Lipinski definition) is 4. The molecule has 1 aliphatic rings. The summed E-state index contributed by atoms with van der Waals surface area (Å²) in [4.78, 5) is 8.62. The lowest BCUT2D eigenvalue weighted by molar-refractivity contribution is 0.108. The smallest absolute Gasteiger partial charge is 0.316 e. The van der Waals surface area contributed by atoms with Crippen LogP contribution in [0.15, 0.2) is 6.20 Å². The normalized spacial score (nSPS) is 15.9. The zero-order valence-corrected chi connectivity index (χ0v) is 9.99. The molecular formula is C12H19N3O. The number of rotatable bonds is 5. The molecule has 0 amide bonds. The minimum absolute atomic E-state index is 0.346. The molecular weight excluding hydrogens is 202 g/mol. The molecule has 0 saturated heterocycles. The van der Waals surface area contributed by atoms with Crippen LogP contribution in [0.4, 0.5) is 0 Å². The lowest BCUT2D eigenvalue weighted by atomic mass is 9.96. The Hall–Kier alpha value is -1.16. The second-order valence-electron chi connectivity index (χ2n) is 4.21. The van der Waals surface area contributed by atoms with E-state index in [1.807, 2.05) is 13.1 Å². The first-order valence-corrected chi connectivity index (χ1v) is 5.99. The van der Waals surface area contributed by atoms with Crippen LogP contribution in [0.25, 0.3) is 0 Å². The average molecular weight is 221 g/mol. The molecule has 1 aromatic heterocycles. The van der Waals surface area contributed by atoms with Crippen LogP contribution in [0.5, 0.6) is 6.01 Å². The first kappa shape index (κ1) is 11.3. The molecule has 16 heavy (non-hydrogen) atoms. The van der Waals surface area contributed by atoms with E-state index in [1.54, 1.807) is 0 Å². The second-order valence-corrected chi connectivity index (χ2v) is 4.21. The van der Waals surface area contributed by atoms with Crippen LogP contribution in [0.1, 0.15) is 37.4 Å². The largest absolute Gasteiger partial charge is 0.460 e. The molecule has 4 heteroatoms. The van der Waals surface area contributed by atoms with E-state index in [9.17, 15) is 0 Å². The molecule has 4 nitrogen and oxygen atoms in total. The number of nitrogens with zero attached hydrogens (tertiary/aromatic N) is 2. The van der Waals surface area contributed by atoms with Gasteiger partial charge in [0, 0.05) is 24.0 Å². The number of aryl methyl sites for hydroxylation is 1. The fraction of sp³-hybridized carbons (Fsp3) is 0.667. The Kier molecular flexibility index (Phi) is 3.72. The third-order valence-electron chi connectivity index (χ3n) is 2.95. The van der Waals surface area contributed by atoms with Crippen LogP contribution in [0.3, 0.4) is 0 Å². The Morgan fingerprint density at radius 3 is 2.88 bits per heavy atom. The van der Waals surface area contributed by atoms with Gasteiger partial charge < -0.3 is 10.1 Å². The zero-order chi connectivity index (χ0) is 11.4. The molecule has 0 aromatic carbocycles. The molecule has 0 spiro atoms. The third-order valence-corrected chi connectivity index (χ3v) is 2.95. The Labute approximate surface area is 96.4 Å². The van der Waals surface area contributed by atoms with Gasteiger partial charge >= 0.3 is 6.01 Å². The Morgan fingerprint density at radius 2 is 2.31 bits per heavy atom. The molecule has 1 saturated carbocycles. The standard InChI is InChI=1S/C12H19N3O/c1-3-13-7-10-8-14-12(15-9(10)2)16-11-5-4-6-11/h8,11,13H,3-7H2,1-2H3. The van der Waals surface area contributed by atoms with Gasteiger partial charge in [0.1, 0.15) is 6.10 Å². The summed E-state index contributed by atoms with van der Waals surface area (Å²) in [5.74, 6) is 0. The molecule has 0 unspecified atom stereocenters. The van der Waals surface area contributed by atoms with E-state index in [0.29, 0.717) is 12.1 Å². The van der Waals surface area contributed by atoms with Gasteiger partial charge in [0.15, 0.2) is 0 Å². The minimum atomic E-state index is 0.346. The fourth-order valence-corrected chi connectivity index (χ4v) is 1.60. The first-order chi connectivity index (χ1) is 7.79. The molecule has 1 aliphatic carbocycles. The van der Waals surface area contributed by atoms with Crippen molar-refractivity contribution in [1.82, 2.24) is 15.3 Å². The molecule has 1 fully saturated rings. The first-order valence-electron chi connectivity index (χ1n) is 5.99. The molecule has 0 bridgehead atoms. The Bertz CT molecular complexity index is 350. The van der Waals surface area contributed by atoms with E-state index in [-0.39, 0.29) is 0 Å². The molecule has 0 radical (unpaired) electrons. The van der Waals surface area contributed by atoms with E-state index in [4.69, 9.17) is 4.74 Å². The summed E-state index contributed by atoms with van der Waals surface area (Å²) in [6.07, 6.45) is 5.75. The van der Waals surface area contributed by atoms with Crippen molar-refractivity contribution < 1.29 is 4.74 Å². The van der Waals surface area contributed by atoms with Crippen molar-refractivity contribution in [1.29, 1.82) is 0 Å². The average Bonchev–Trinajstić information content (AvgIpc) is 2.22. The number of nitrogens with one attached hydrogen (secondary N) is 1. The monoisotopic (exact) mass is 221 g/mol. The summed E-state index contributed by atoms with van der Waals surface area (Å²) in [5, 5.41) is 3.27. The quantitative estimate of drug-likeness (QED) is 0.824. The van der Waals surface area contributed by atoms with E-state index in [0.717, 1.165) is 37.2 Å². The van der Waals surface area contributed by atoms with Crippen LogP contribution in [-0.4, -0.2) is 22.6 Å². The molecule has 1 N–H and O–H groups in total. The van der Waals surface area contributed by atoms with Crippen LogP contribution in [-0.2, 0) is 6.54 Å². The highest BCUT2D eigenvalue weighted by Crippen LogP contribution is 2.23. The predicted molar refractivity (Wildman–Crippen MR) is 62.4 cm³/mol. The highest BCUT2D eigenvalue weighted by atomic mass is 16.5. The maximum absolute atomic E-state index is 5.65. The van der Waals surface area contributed by atoms with Crippen molar-refractivity contribution in [3.8, 4) is 6.01 Å². The summed E-state index contributed by atoms with van der Waals surface area (Å²) in [5.41, 5.74) is 2.15. The summed E-state index contributed by atoms with van der Waals surface area (Å²) >= 11 is 0. The van der Waals surface area contributed by atoms with Crippen molar-refractivity contribution in [3.05, 3.63) is 17.5 Å². The molecule has 0 aliphatic heterocycles. The number of hydrogen-bond donors (Lipinski definition) is 1. The lowest BCUT2D eigenvalue weighted by Gasteiger charge is -2.25. The summed E-state index contributed by atoms with van der Waals surface area (Å²) in [6.45, 7) is 5.87. The topological polar surface area (TPSA) is 47.0 Å². The number of ether oxygens (including phenoxy) is 1. The fourth-order valence-electron chi connectivity index (χ4n) is 1.60. The van der Waals surface area contributed by atoms with Crippen molar-refractivity contribution in [2.75, 3.05) is 6.54 Å². The summed E-state index contributed by atoms with van der Waals surface area (Å²) in [6, 6.07) is 0.530. The zero-order valence-electron chi connectivity index (χ0n) is 9.99. The van der Waals surface area contributed by atoms with Gasteiger partial charge in [0.25, 0.3) is 0 Å². The van der Waals surface area contributed by atoms with Crippen molar-refractivity contribution in [3.63, 3.8) is 0 Å². The summed E-state index contributed by atoms with van der Waals surface area (Å²) < 4.78 is 5.65. The van der Waals surface area contributed by atoms with Gasteiger partial charge in [-0.3, -0.25) is 0 Å². The molecule has 1 heterocycles. The van der Waals surface area contributed by atoms with Crippen molar-refractivity contribution in [2.45, 2.75) is 45.8 Å². The van der Waals surface area contributed by atoms with Gasteiger partial charge in [-0.15, -0.1) is 0 Å². The Morgan fingerprint density at radius 1 is 1.50 bits per heavy atom. The van der Waals surface area contributed by atoms with Crippen LogP contribution >= 0.6 is 0 Å². The van der Waals surface area contributed by atoms with Gasteiger partial charge in [-0.25, -0.2) is 9.97 Å². The predicted octanol–water partition coefficient (Wildman–Crippen LogP) is 1.83. The molecule has 1 aromatic rings. The minimum Gasteiger partial charge on any atom is -0.460 e. The SMILES string of the molecule is CCNCc1cnc(OC2CCC2)nc1C. The number of aromatic nitrogens is 2. The van der Waals surface area contributed by atoms with Crippen LogP contribution in [0.2, 0.25) is 0 Å². The summed E-state index contributed by atoms with van der Waals surface area (Å²) in [7, 11) is 0. The van der Waals surface area contributed by atoms with Gasteiger partial charge in [-0.1, -0.05) is 6.92 Å². The van der Waals surface area contributed by atoms with E-state index in [2.05, 4.69) is 22.2 Å². The van der Waals surface area contributed by atoms with E-state index < -0.39 is 0 Å². The molecule has 0 atom stereocenters. The molecule has 2 rings (SSSR count). The van der Waals surface area contributed by atoms with E-state index >= 15 is 0 Å². The van der Waals surface area contributed by atoms with Crippen molar-refractivity contribution >= 4 is 0 Å². The maximum Gasteiger partial charge on any atom is 0.316 e. The lowest BCUT2D eigenvalue weighted by Crippen LogP contribution is -2.25. The van der Waals surface area contributed by atoms with Gasteiger partial charge in [-0.05, 0) is 32.7 Å². The van der Waals surface area contributed by atoms with Crippen molar-refractivity contribution in [2.24, 2.45) is 0 Å². The molecule has 88 valence electrons. The van der Waals surface area contributed by atoms with Crippen LogP contribution < -0.4 is 10.1 Å². The highest BCUT2D eigenvalue weighted by molar-refractivity contribution is 5.17. The third kappa shape index (κ3) is 2.70.